The molecule has 0 aliphatic heterocycles. The van der Waals surface area contributed by atoms with Gasteiger partial charge in [-0.3, -0.25) is 9.36 Å². The van der Waals surface area contributed by atoms with Crippen molar-refractivity contribution in [1.82, 2.24) is 24.5 Å². The van der Waals surface area contributed by atoms with Gasteiger partial charge in [-0.05, 0) is 56.8 Å². The first-order valence-electron chi connectivity index (χ1n) is 9.30. The molecule has 0 aliphatic rings. The van der Waals surface area contributed by atoms with E-state index in [0.717, 1.165) is 34.9 Å². The number of aromatic nitrogens is 4. The topological polar surface area (TPSA) is 50.9 Å². The van der Waals surface area contributed by atoms with E-state index >= 15 is 0 Å². The lowest BCUT2D eigenvalue weighted by molar-refractivity contribution is 0.471. The molecule has 154 valence electrons. The largest absolute Gasteiger partial charge is 0.346 e. The molecule has 2 aromatic heterocycles. The average Bonchev–Trinajstić information content (AvgIpc) is 3.24. The summed E-state index contributed by atoms with van der Waals surface area (Å²) in [5.41, 5.74) is 4.96. The first-order chi connectivity index (χ1) is 13.8. The zero-order valence-electron chi connectivity index (χ0n) is 16.9. The Balaban J connectivity index is 1.72. The Hall–Kier alpha value is -2.09. The summed E-state index contributed by atoms with van der Waals surface area (Å²) >= 11 is 17.8. The second kappa shape index (κ2) is 9.15. The minimum Gasteiger partial charge on any atom is -0.346 e. The third kappa shape index (κ3) is 4.91. The molecular weight excluding hydrogens is 427 g/mol. The molecule has 29 heavy (non-hydrogen) atoms. The smallest absolute Gasteiger partial charge is 0.173 e. The molecule has 0 fully saturated rings. The quantitative estimate of drug-likeness (QED) is 0.541. The Morgan fingerprint density at radius 1 is 1.17 bits per heavy atom. The number of nitrogens with one attached hydrogen (secondary N) is 1. The molecule has 1 aromatic carbocycles. The molecule has 1 N–H and O–H groups in total. The highest BCUT2D eigenvalue weighted by atomic mass is 35.5. The van der Waals surface area contributed by atoms with Gasteiger partial charge in [0.2, 0.25) is 0 Å². The summed E-state index contributed by atoms with van der Waals surface area (Å²) in [7, 11) is 1.97. The predicted molar refractivity (Wildman–Crippen MR) is 123 cm³/mol. The van der Waals surface area contributed by atoms with Crippen LogP contribution in [0.3, 0.4) is 0 Å². The molecule has 9 heteroatoms. The maximum Gasteiger partial charge on any atom is 0.173 e. The molecule has 0 radical (unpaired) electrons. The van der Waals surface area contributed by atoms with Crippen molar-refractivity contribution in [2.45, 2.75) is 40.4 Å². The van der Waals surface area contributed by atoms with Crippen LogP contribution in [-0.4, -0.2) is 36.6 Å². The number of aryl methyl sites for hydroxylation is 2. The zero-order chi connectivity index (χ0) is 21.1. The van der Waals surface area contributed by atoms with Gasteiger partial charge in [0.25, 0.3) is 0 Å². The first kappa shape index (κ1) is 21.6. The highest BCUT2D eigenvalue weighted by Crippen LogP contribution is 2.25. The number of halogens is 2. The van der Waals surface area contributed by atoms with Gasteiger partial charge in [-0.1, -0.05) is 29.3 Å². The maximum atomic E-state index is 6.14. The van der Waals surface area contributed by atoms with Crippen LogP contribution in [0.5, 0.6) is 0 Å². The molecule has 3 rings (SSSR count). The van der Waals surface area contributed by atoms with Crippen molar-refractivity contribution in [3.63, 3.8) is 0 Å². The molecule has 2 heterocycles. The average molecular weight is 451 g/mol. The fraction of sp³-hybridized carbons (Fsp3) is 0.350. The number of anilines is 1. The fourth-order valence-corrected chi connectivity index (χ4v) is 3.63. The standard InChI is InChI=1S/C20H24Cl2N6S/c1-5-27-16(8-9-23-27)12-26(4)20(29)24-19-13(2)25-28(14(19)3)11-15-6-7-17(21)18(22)10-15/h6-10H,5,11-12H2,1-4H3,(H,24,29). The minimum atomic E-state index is 0.540. The van der Waals surface area contributed by atoms with Crippen molar-refractivity contribution in [2.24, 2.45) is 0 Å². The summed E-state index contributed by atoms with van der Waals surface area (Å²) in [6, 6.07) is 7.62. The van der Waals surface area contributed by atoms with Crippen LogP contribution in [0, 0.1) is 13.8 Å². The van der Waals surface area contributed by atoms with E-state index in [4.69, 9.17) is 35.4 Å². The minimum absolute atomic E-state index is 0.540. The van der Waals surface area contributed by atoms with E-state index in [1.54, 1.807) is 6.07 Å². The lowest BCUT2D eigenvalue weighted by Crippen LogP contribution is -2.31. The summed E-state index contributed by atoms with van der Waals surface area (Å²) < 4.78 is 3.90. The van der Waals surface area contributed by atoms with Gasteiger partial charge in [-0.15, -0.1) is 0 Å². The first-order valence-corrected chi connectivity index (χ1v) is 10.5. The predicted octanol–water partition coefficient (Wildman–Crippen LogP) is 4.90. The summed E-state index contributed by atoms with van der Waals surface area (Å²) in [6.45, 7) is 8.17. The molecule has 0 aliphatic carbocycles. The van der Waals surface area contributed by atoms with E-state index in [1.807, 2.05) is 59.6 Å². The second-order valence-corrected chi connectivity index (χ2v) is 8.08. The summed E-state index contributed by atoms with van der Waals surface area (Å²) in [6.07, 6.45) is 1.81. The zero-order valence-corrected chi connectivity index (χ0v) is 19.2. The monoisotopic (exact) mass is 450 g/mol. The molecular formula is C20H24Cl2N6S. The molecule has 0 bridgehead atoms. The molecule has 0 atom stereocenters. The normalized spacial score (nSPS) is 11.0. The molecule has 0 saturated heterocycles. The van der Waals surface area contributed by atoms with Gasteiger partial charge in [-0.25, -0.2) is 0 Å². The molecule has 0 unspecified atom stereocenters. The van der Waals surface area contributed by atoms with Gasteiger partial charge in [0, 0.05) is 19.8 Å². The van der Waals surface area contributed by atoms with Crippen LogP contribution in [0.4, 0.5) is 5.69 Å². The van der Waals surface area contributed by atoms with Crippen molar-refractivity contribution in [2.75, 3.05) is 12.4 Å². The van der Waals surface area contributed by atoms with Gasteiger partial charge in [0.05, 0.1) is 45.9 Å². The molecule has 3 aromatic rings. The van der Waals surface area contributed by atoms with Crippen LogP contribution in [0.1, 0.15) is 29.6 Å². The molecule has 6 nitrogen and oxygen atoms in total. The number of hydrogen-bond donors (Lipinski definition) is 1. The van der Waals surface area contributed by atoms with Gasteiger partial charge < -0.3 is 10.2 Å². The highest BCUT2D eigenvalue weighted by Gasteiger charge is 2.16. The summed E-state index contributed by atoms with van der Waals surface area (Å²) in [4.78, 5) is 1.99. The van der Waals surface area contributed by atoms with Crippen LogP contribution in [0.15, 0.2) is 30.5 Å². The van der Waals surface area contributed by atoms with Crippen LogP contribution >= 0.6 is 35.4 Å². The number of thiocarbonyl (C=S) groups is 1. The number of hydrogen-bond acceptors (Lipinski definition) is 3. The van der Waals surface area contributed by atoms with Crippen LogP contribution in [-0.2, 0) is 19.6 Å². The van der Waals surface area contributed by atoms with Crippen LogP contribution in [0.25, 0.3) is 0 Å². The summed E-state index contributed by atoms with van der Waals surface area (Å²) in [5.74, 6) is 0. The number of nitrogens with zero attached hydrogens (tertiary/aromatic N) is 5. The lowest BCUT2D eigenvalue weighted by atomic mass is 10.2. The van der Waals surface area contributed by atoms with Gasteiger partial charge >= 0.3 is 0 Å². The lowest BCUT2D eigenvalue weighted by Gasteiger charge is -2.21. The number of benzene rings is 1. The van der Waals surface area contributed by atoms with Crippen LogP contribution < -0.4 is 5.32 Å². The van der Waals surface area contributed by atoms with E-state index in [1.165, 1.54) is 0 Å². The SMILES string of the molecule is CCn1nccc1CN(C)C(=S)Nc1c(C)nn(Cc2ccc(Cl)c(Cl)c2)c1C. The van der Waals surface area contributed by atoms with Gasteiger partial charge in [-0.2, -0.15) is 10.2 Å². The summed E-state index contributed by atoms with van der Waals surface area (Å²) in [5, 5.41) is 14.0. The van der Waals surface area contributed by atoms with E-state index < -0.39 is 0 Å². The second-order valence-electron chi connectivity index (χ2n) is 6.88. The van der Waals surface area contributed by atoms with E-state index in [-0.39, 0.29) is 0 Å². The van der Waals surface area contributed by atoms with E-state index in [0.29, 0.717) is 28.2 Å². The Labute approximate surface area is 186 Å². The van der Waals surface area contributed by atoms with Crippen molar-refractivity contribution >= 4 is 46.2 Å². The third-order valence-corrected chi connectivity index (χ3v) is 5.93. The van der Waals surface area contributed by atoms with Crippen molar-refractivity contribution in [3.05, 3.63) is 63.2 Å². The molecule has 0 amide bonds. The van der Waals surface area contributed by atoms with Gasteiger partial charge in [0.1, 0.15) is 0 Å². The Morgan fingerprint density at radius 3 is 2.62 bits per heavy atom. The van der Waals surface area contributed by atoms with E-state index in [9.17, 15) is 0 Å². The Kier molecular flexibility index (Phi) is 6.82. The third-order valence-electron chi connectivity index (χ3n) is 4.78. The number of rotatable bonds is 6. The van der Waals surface area contributed by atoms with Crippen LogP contribution in [0.2, 0.25) is 10.0 Å². The van der Waals surface area contributed by atoms with E-state index in [2.05, 4.69) is 22.4 Å². The van der Waals surface area contributed by atoms with Crippen molar-refractivity contribution in [1.29, 1.82) is 0 Å². The Bertz CT molecular complexity index is 1030. The highest BCUT2D eigenvalue weighted by molar-refractivity contribution is 7.80. The fourth-order valence-electron chi connectivity index (χ4n) is 3.14. The van der Waals surface area contributed by atoms with Gasteiger partial charge in [0.15, 0.2) is 5.11 Å². The molecule has 0 saturated carbocycles. The Morgan fingerprint density at radius 2 is 1.93 bits per heavy atom. The maximum absolute atomic E-state index is 6.14. The van der Waals surface area contributed by atoms with Crippen molar-refractivity contribution in [3.8, 4) is 0 Å². The van der Waals surface area contributed by atoms with Crippen molar-refractivity contribution < 1.29 is 0 Å². The molecule has 0 spiro atoms.